The van der Waals surface area contributed by atoms with E-state index in [9.17, 15) is 13.0 Å². The first-order valence-electron chi connectivity index (χ1n) is 15.3. The van der Waals surface area contributed by atoms with Crippen LogP contribution in [-0.4, -0.2) is 19.6 Å². The third-order valence-electron chi connectivity index (χ3n) is 6.99. The summed E-state index contributed by atoms with van der Waals surface area (Å²) in [5.41, 5.74) is 0. The zero-order valence-electron chi connectivity index (χ0n) is 24.5. The first-order chi connectivity index (χ1) is 17.0. The maximum atomic E-state index is 10.8. The second-order valence-electron chi connectivity index (χ2n) is 10.5. The summed E-state index contributed by atoms with van der Waals surface area (Å²) in [6.45, 7) is 4.45. The molecule has 0 aliphatic rings. The van der Waals surface area contributed by atoms with Crippen LogP contribution in [0.5, 0.6) is 0 Å². The second-order valence-corrected chi connectivity index (χ2v) is 11.6. The zero-order chi connectivity index (χ0) is 25.9. The van der Waals surface area contributed by atoms with Gasteiger partial charge in [0.2, 0.25) is 10.4 Å². The minimum atomic E-state index is -4.61. The van der Waals surface area contributed by atoms with Crippen LogP contribution in [0.4, 0.5) is 0 Å². The molecule has 0 spiro atoms. The number of allylic oxidation sites excluding steroid dienone is 1. The van der Waals surface area contributed by atoms with Gasteiger partial charge in [-0.3, -0.25) is 4.18 Å². The van der Waals surface area contributed by atoms with Crippen LogP contribution in [0.15, 0.2) is 12.2 Å². The number of hydrogen-bond donors (Lipinski definition) is 0. The Balaban J connectivity index is 0. The van der Waals surface area contributed by atoms with E-state index in [-0.39, 0.29) is 42.1 Å². The molecule has 0 amide bonds. The van der Waals surface area contributed by atoms with Crippen molar-refractivity contribution in [3.05, 3.63) is 12.2 Å². The van der Waals surface area contributed by atoms with E-state index < -0.39 is 10.4 Å². The SMILES string of the molecule is CCCCCCCCCCCCCCCCCCC/C=C/C(CCCCCCC)COS(=O)(=O)[O-].[Na+]. The van der Waals surface area contributed by atoms with Crippen molar-refractivity contribution in [2.24, 2.45) is 5.92 Å². The van der Waals surface area contributed by atoms with Gasteiger partial charge < -0.3 is 4.55 Å². The molecule has 0 heterocycles. The molecule has 0 aromatic rings. The fraction of sp³-hybridized carbons (Fsp3) is 0.933. The third-order valence-corrected chi connectivity index (χ3v) is 7.41. The molecule has 210 valence electrons. The van der Waals surface area contributed by atoms with Crippen LogP contribution < -0.4 is 29.6 Å². The Morgan fingerprint density at radius 3 is 1.36 bits per heavy atom. The second kappa shape index (κ2) is 30.2. The first kappa shape index (κ1) is 38.8. The molecule has 0 saturated heterocycles. The molecule has 4 nitrogen and oxygen atoms in total. The molecular formula is C30H59NaO4S. The topological polar surface area (TPSA) is 66.4 Å². The predicted octanol–water partition coefficient (Wildman–Crippen LogP) is 7.04. The monoisotopic (exact) mass is 538 g/mol. The molecule has 1 unspecified atom stereocenters. The summed E-state index contributed by atoms with van der Waals surface area (Å²) >= 11 is 0. The van der Waals surface area contributed by atoms with E-state index in [4.69, 9.17) is 0 Å². The van der Waals surface area contributed by atoms with Crippen LogP contribution in [0.25, 0.3) is 0 Å². The third kappa shape index (κ3) is 32.6. The van der Waals surface area contributed by atoms with Gasteiger partial charge in [-0.15, -0.1) is 0 Å². The van der Waals surface area contributed by atoms with E-state index in [0.717, 1.165) is 25.7 Å². The molecule has 6 heteroatoms. The summed E-state index contributed by atoms with van der Waals surface area (Å²) in [7, 11) is -4.61. The van der Waals surface area contributed by atoms with Gasteiger partial charge in [0.05, 0.1) is 6.61 Å². The van der Waals surface area contributed by atoms with E-state index in [0.29, 0.717) is 0 Å². The zero-order valence-corrected chi connectivity index (χ0v) is 27.3. The van der Waals surface area contributed by atoms with Crippen LogP contribution in [0.2, 0.25) is 0 Å². The maximum Gasteiger partial charge on any atom is 1.00 e. The molecule has 36 heavy (non-hydrogen) atoms. The van der Waals surface area contributed by atoms with Crippen molar-refractivity contribution in [3.8, 4) is 0 Å². The fourth-order valence-electron chi connectivity index (χ4n) is 4.69. The average Bonchev–Trinajstić information content (AvgIpc) is 2.82. The van der Waals surface area contributed by atoms with E-state index in [1.807, 2.05) is 0 Å². The number of rotatable bonds is 28. The van der Waals surface area contributed by atoms with Gasteiger partial charge in [0, 0.05) is 5.92 Å². The number of unbranched alkanes of at least 4 members (excludes halogenated alkanes) is 21. The van der Waals surface area contributed by atoms with Crippen molar-refractivity contribution < 1.29 is 46.7 Å². The van der Waals surface area contributed by atoms with E-state index in [1.54, 1.807) is 0 Å². The Morgan fingerprint density at radius 1 is 0.611 bits per heavy atom. The number of hydrogen-bond acceptors (Lipinski definition) is 4. The molecule has 0 saturated carbocycles. The average molecular weight is 539 g/mol. The van der Waals surface area contributed by atoms with E-state index in [1.165, 1.54) is 128 Å². The van der Waals surface area contributed by atoms with Crippen molar-refractivity contribution in [2.75, 3.05) is 6.61 Å². The van der Waals surface area contributed by atoms with Crippen molar-refractivity contribution in [2.45, 2.75) is 168 Å². The molecule has 0 N–H and O–H groups in total. The molecule has 0 aliphatic heterocycles. The molecule has 0 aromatic carbocycles. The Hall–Kier alpha value is 0.610. The van der Waals surface area contributed by atoms with Gasteiger partial charge in [0.1, 0.15) is 0 Å². The summed E-state index contributed by atoms with van der Waals surface area (Å²) in [5, 5.41) is 0. The molecule has 0 fully saturated rings. The van der Waals surface area contributed by atoms with Crippen LogP contribution in [0, 0.1) is 5.92 Å². The van der Waals surface area contributed by atoms with Crippen LogP contribution in [0.1, 0.15) is 168 Å². The first-order valence-corrected chi connectivity index (χ1v) is 16.6. The Kier molecular flexibility index (Phi) is 32.5. The predicted molar refractivity (Wildman–Crippen MR) is 150 cm³/mol. The largest absolute Gasteiger partial charge is 1.00 e. The molecular weight excluding hydrogens is 479 g/mol. The van der Waals surface area contributed by atoms with Gasteiger partial charge in [0.25, 0.3) is 0 Å². The Labute approximate surface area is 248 Å². The molecule has 0 bridgehead atoms. The van der Waals surface area contributed by atoms with Gasteiger partial charge in [-0.2, -0.15) is 0 Å². The van der Waals surface area contributed by atoms with Gasteiger partial charge in [0.15, 0.2) is 0 Å². The summed E-state index contributed by atoms with van der Waals surface area (Å²) in [6, 6.07) is 0. The van der Waals surface area contributed by atoms with Crippen molar-refractivity contribution in [1.29, 1.82) is 0 Å². The van der Waals surface area contributed by atoms with Crippen LogP contribution in [0.3, 0.4) is 0 Å². The van der Waals surface area contributed by atoms with Crippen LogP contribution in [-0.2, 0) is 14.6 Å². The molecule has 1 atom stereocenters. The molecule has 0 radical (unpaired) electrons. The summed E-state index contributed by atoms with van der Waals surface area (Å²) in [6.07, 6.45) is 35.5. The summed E-state index contributed by atoms with van der Waals surface area (Å²) < 4.78 is 36.9. The summed E-state index contributed by atoms with van der Waals surface area (Å²) in [5.74, 6) is 0.0196. The van der Waals surface area contributed by atoms with Crippen molar-refractivity contribution >= 4 is 10.4 Å². The minimum Gasteiger partial charge on any atom is -0.726 e. The Morgan fingerprint density at radius 2 is 0.972 bits per heavy atom. The van der Waals surface area contributed by atoms with Crippen LogP contribution >= 0.6 is 0 Å². The van der Waals surface area contributed by atoms with Gasteiger partial charge >= 0.3 is 29.6 Å². The van der Waals surface area contributed by atoms with E-state index >= 15 is 0 Å². The van der Waals surface area contributed by atoms with Gasteiger partial charge in [-0.05, 0) is 19.3 Å². The Bertz CT molecular complexity index is 551. The van der Waals surface area contributed by atoms with Gasteiger partial charge in [-0.1, -0.05) is 161 Å². The normalized spacial score (nSPS) is 12.8. The molecule has 0 rings (SSSR count). The van der Waals surface area contributed by atoms with E-state index in [2.05, 4.69) is 30.2 Å². The summed E-state index contributed by atoms with van der Waals surface area (Å²) in [4.78, 5) is 0. The van der Waals surface area contributed by atoms with Gasteiger partial charge in [-0.25, -0.2) is 8.42 Å². The quantitative estimate of drug-likeness (QED) is 0.0352. The minimum absolute atomic E-state index is 0. The molecule has 0 aromatic heterocycles. The fourth-order valence-corrected chi connectivity index (χ4v) is 5.03. The smallest absolute Gasteiger partial charge is 0.726 e. The molecule has 0 aliphatic carbocycles. The van der Waals surface area contributed by atoms with Crippen molar-refractivity contribution in [3.63, 3.8) is 0 Å². The maximum absolute atomic E-state index is 10.8. The standard InChI is InChI=1S/C30H60O4S.Na/c1-3-5-7-9-10-11-12-13-14-15-16-17-18-19-20-21-22-24-26-28-30(29-34-35(31,32)33)27-25-23-8-6-4-2;/h26,28,30H,3-25,27,29H2,1-2H3,(H,31,32,33);/q;+1/p-1/b28-26+;. The van der Waals surface area contributed by atoms with Crippen molar-refractivity contribution in [1.82, 2.24) is 0 Å².